The monoisotopic (exact) mass is 349 g/mol. The van der Waals surface area contributed by atoms with E-state index in [-0.39, 0.29) is 11.2 Å². The smallest absolute Gasteiger partial charge is 0.261 e. The first-order chi connectivity index (χ1) is 12.2. The molecule has 2 aromatic carbocycles. The molecule has 0 spiro atoms. The number of aliphatic imine (C=N–C) groups is 1. The first kappa shape index (κ1) is 15.7. The van der Waals surface area contributed by atoms with E-state index in [1.165, 1.54) is 11.8 Å². The molecule has 1 aliphatic heterocycles. The Labute approximate surface area is 148 Å². The summed E-state index contributed by atoms with van der Waals surface area (Å²) in [5, 5.41) is 0.0904. The number of rotatable bonds is 4. The molecule has 1 amide bonds. The Morgan fingerprint density at radius 1 is 1.16 bits per heavy atom. The minimum atomic E-state index is -0.248. The van der Waals surface area contributed by atoms with E-state index in [2.05, 4.69) is 9.98 Å². The Balaban J connectivity index is 1.53. The molecule has 4 rings (SSSR count). The van der Waals surface area contributed by atoms with Crippen LogP contribution in [0.15, 0.2) is 57.9 Å². The van der Waals surface area contributed by atoms with Gasteiger partial charge in [-0.25, -0.2) is 4.98 Å². The van der Waals surface area contributed by atoms with Crippen LogP contribution in [-0.4, -0.2) is 21.3 Å². The van der Waals surface area contributed by atoms with Gasteiger partial charge in [-0.05, 0) is 35.8 Å². The van der Waals surface area contributed by atoms with Crippen molar-refractivity contribution < 1.29 is 9.21 Å². The Bertz CT molecular complexity index is 992. The van der Waals surface area contributed by atoms with Crippen molar-refractivity contribution in [3.05, 3.63) is 65.5 Å². The molecule has 1 aromatic heterocycles. The predicted molar refractivity (Wildman–Crippen MR) is 101 cm³/mol. The number of aromatic nitrogens is 1. The van der Waals surface area contributed by atoms with E-state index in [1.807, 2.05) is 60.7 Å². The highest BCUT2D eigenvalue weighted by Gasteiger charge is 2.27. The molecule has 0 aliphatic carbocycles. The maximum atomic E-state index is 11.7. The highest BCUT2D eigenvalue weighted by atomic mass is 32.2. The molecule has 3 aromatic rings. The highest BCUT2D eigenvalue weighted by molar-refractivity contribution is 8.15. The van der Waals surface area contributed by atoms with Crippen LogP contribution in [0.4, 0.5) is 0 Å². The van der Waals surface area contributed by atoms with Crippen LogP contribution in [0, 0.1) is 0 Å². The topological polar surface area (TPSA) is 81.5 Å². The summed E-state index contributed by atoms with van der Waals surface area (Å²) in [5.74, 6) is 0.379. The van der Waals surface area contributed by atoms with Crippen molar-refractivity contribution in [2.45, 2.75) is 11.7 Å². The van der Waals surface area contributed by atoms with Gasteiger partial charge in [0, 0.05) is 6.08 Å². The summed E-state index contributed by atoms with van der Waals surface area (Å²) < 4.78 is 5.74. The molecule has 5 nitrogen and oxygen atoms in total. The number of nitrogens with zero attached hydrogens (tertiary/aromatic N) is 2. The molecular formula is C19H15N3O2S. The average Bonchev–Trinajstić information content (AvgIpc) is 3.16. The van der Waals surface area contributed by atoms with E-state index in [0.29, 0.717) is 17.5 Å². The molecule has 2 N–H and O–H groups in total. The molecule has 6 heteroatoms. The molecule has 0 saturated carbocycles. The van der Waals surface area contributed by atoms with Gasteiger partial charge in [-0.3, -0.25) is 4.79 Å². The number of amidine groups is 1. The van der Waals surface area contributed by atoms with E-state index in [9.17, 15) is 4.79 Å². The second-order valence-electron chi connectivity index (χ2n) is 5.70. The van der Waals surface area contributed by atoms with Gasteiger partial charge in [0.05, 0.1) is 5.25 Å². The van der Waals surface area contributed by atoms with Gasteiger partial charge in [-0.2, -0.15) is 4.99 Å². The summed E-state index contributed by atoms with van der Waals surface area (Å²) in [6.07, 6.45) is 4.38. The first-order valence-electron chi connectivity index (χ1n) is 7.85. The van der Waals surface area contributed by atoms with E-state index in [1.54, 1.807) is 0 Å². The van der Waals surface area contributed by atoms with E-state index >= 15 is 0 Å². The molecule has 2 heterocycles. The lowest BCUT2D eigenvalue weighted by atomic mass is 10.1. The van der Waals surface area contributed by atoms with Crippen molar-refractivity contribution in [3.63, 3.8) is 0 Å². The third-order valence-electron chi connectivity index (χ3n) is 3.87. The highest BCUT2D eigenvalue weighted by Crippen LogP contribution is 2.25. The molecule has 1 aliphatic rings. The van der Waals surface area contributed by atoms with Gasteiger partial charge in [-0.15, -0.1) is 0 Å². The number of amides is 1. The van der Waals surface area contributed by atoms with Gasteiger partial charge in [-0.1, -0.05) is 48.2 Å². The van der Waals surface area contributed by atoms with Crippen LogP contribution in [0.2, 0.25) is 0 Å². The molecular weight excluding hydrogens is 334 g/mol. The second kappa shape index (κ2) is 6.57. The summed E-state index contributed by atoms with van der Waals surface area (Å²) in [6.45, 7) is 0. The molecule has 0 bridgehead atoms. The predicted octanol–water partition coefficient (Wildman–Crippen LogP) is 3.50. The number of carbonyl (C=O) groups excluding carboxylic acids is 1. The number of oxazole rings is 1. The second-order valence-corrected chi connectivity index (χ2v) is 6.92. The normalized spacial score (nSPS) is 17.5. The van der Waals surface area contributed by atoms with E-state index in [4.69, 9.17) is 10.2 Å². The zero-order chi connectivity index (χ0) is 17.2. The van der Waals surface area contributed by atoms with Crippen LogP contribution in [0.5, 0.6) is 0 Å². The SMILES string of the molecule is NC1=NC(=O)C(Cc2ccc3oc(/C=C/c4ccccc4)nc3c2)S1. The summed E-state index contributed by atoms with van der Waals surface area (Å²) >= 11 is 1.31. The minimum absolute atomic E-state index is 0.172. The van der Waals surface area contributed by atoms with Crippen molar-refractivity contribution in [2.24, 2.45) is 10.7 Å². The van der Waals surface area contributed by atoms with E-state index in [0.717, 1.165) is 22.2 Å². The standard InChI is InChI=1S/C19H15N3O2S/c20-19-22-18(23)16(25-19)11-13-6-8-15-14(10-13)21-17(24-15)9-7-12-4-2-1-3-5-12/h1-10,16H,11H2,(H2,20,22,23)/b9-7+. The molecule has 25 heavy (non-hydrogen) atoms. The lowest BCUT2D eigenvalue weighted by Gasteiger charge is -2.05. The molecule has 1 atom stereocenters. The minimum Gasteiger partial charge on any atom is -0.437 e. The lowest BCUT2D eigenvalue weighted by Crippen LogP contribution is -2.14. The molecule has 124 valence electrons. The Morgan fingerprint density at radius 2 is 2.00 bits per heavy atom. The van der Waals surface area contributed by atoms with Crippen LogP contribution in [-0.2, 0) is 11.2 Å². The molecule has 1 unspecified atom stereocenters. The third kappa shape index (κ3) is 3.49. The number of thioether (sulfide) groups is 1. The average molecular weight is 349 g/mol. The summed E-state index contributed by atoms with van der Waals surface area (Å²) in [5.41, 5.74) is 9.19. The number of hydrogen-bond donors (Lipinski definition) is 1. The number of benzene rings is 2. The number of hydrogen-bond acceptors (Lipinski definition) is 5. The van der Waals surface area contributed by atoms with Crippen molar-refractivity contribution in [3.8, 4) is 0 Å². The number of nitrogens with two attached hydrogens (primary N) is 1. The van der Waals surface area contributed by atoms with Gasteiger partial charge >= 0.3 is 0 Å². The van der Waals surface area contributed by atoms with Crippen molar-refractivity contribution >= 4 is 46.1 Å². The van der Waals surface area contributed by atoms with Gasteiger partial charge in [0.2, 0.25) is 5.89 Å². The third-order valence-corrected chi connectivity index (χ3v) is 4.85. The summed E-state index contributed by atoms with van der Waals surface area (Å²) in [4.78, 5) is 20.0. The first-order valence-corrected chi connectivity index (χ1v) is 8.72. The van der Waals surface area contributed by atoms with Gasteiger partial charge in [0.15, 0.2) is 10.8 Å². The molecule has 0 fully saturated rings. The van der Waals surface area contributed by atoms with Crippen molar-refractivity contribution in [1.82, 2.24) is 4.98 Å². The zero-order valence-electron chi connectivity index (χ0n) is 13.3. The Kier molecular flexibility index (Phi) is 4.11. The van der Waals surface area contributed by atoms with Gasteiger partial charge < -0.3 is 10.2 Å². The molecule has 0 saturated heterocycles. The van der Waals surface area contributed by atoms with Crippen LogP contribution >= 0.6 is 11.8 Å². The lowest BCUT2D eigenvalue weighted by molar-refractivity contribution is -0.117. The van der Waals surface area contributed by atoms with Gasteiger partial charge in [0.25, 0.3) is 5.91 Å². The fourth-order valence-corrected chi connectivity index (χ4v) is 3.53. The van der Waals surface area contributed by atoms with Crippen LogP contribution in [0.25, 0.3) is 23.3 Å². The molecule has 0 radical (unpaired) electrons. The number of carbonyl (C=O) groups is 1. The Morgan fingerprint density at radius 3 is 2.76 bits per heavy atom. The fourth-order valence-electron chi connectivity index (χ4n) is 2.67. The van der Waals surface area contributed by atoms with Crippen LogP contribution in [0.3, 0.4) is 0 Å². The maximum Gasteiger partial charge on any atom is 0.261 e. The summed E-state index contributed by atoms with van der Waals surface area (Å²) in [6, 6.07) is 15.7. The number of fused-ring (bicyclic) bond motifs is 1. The van der Waals surface area contributed by atoms with Gasteiger partial charge in [0.1, 0.15) is 5.52 Å². The largest absolute Gasteiger partial charge is 0.437 e. The summed E-state index contributed by atoms with van der Waals surface area (Å²) in [7, 11) is 0. The quantitative estimate of drug-likeness (QED) is 0.779. The maximum absolute atomic E-state index is 11.7. The Hall–Kier alpha value is -2.86. The zero-order valence-corrected chi connectivity index (χ0v) is 14.1. The fraction of sp³-hybridized carbons (Fsp3) is 0.105. The van der Waals surface area contributed by atoms with Crippen LogP contribution in [0.1, 0.15) is 17.0 Å². The van der Waals surface area contributed by atoms with Crippen molar-refractivity contribution in [1.29, 1.82) is 0 Å². The van der Waals surface area contributed by atoms with Crippen LogP contribution < -0.4 is 5.73 Å². The van der Waals surface area contributed by atoms with E-state index < -0.39 is 0 Å². The van der Waals surface area contributed by atoms with Crippen molar-refractivity contribution in [2.75, 3.05) is 0 Å².